The fraction of sp³-hybridized carbons (Fsp3) is 0.318. The second-order valence-corrected chi connectivity index (χ2v) is 7.23. The van der Waals surface area contributed by atoms with Gasteiger partial charge < -0.3 is 15.7 Å². The van der Waals surface area contributed by atoms with Crippen molar-refractivity contribution in [1.82, 2.24) is 5.32 Å². The molecule has 3 rings (SSSR count). The normalized spacial score (nSPS) is 18.9. The van der Waals surface area contributed by atoms with Crippen LogP contribution in [-0.4, -0.2) is 28.9 Å². The fourth-order valence-electron chi connectivity index (χ4n) is 3.52. The second-order valence-electron chi connectivity index (χ2n) is 7.23. The average Bonchev–Trinajstić information content (AvgIpc) is 2.68. The van der Waals surface area contributed by atoms with Crippen LogP contribution in [0, 0.1) is 12.8 Å². The molecule has 0 spiro atoms. The number of benzene rings is 2. The molecule has 0 radical (unpaired) electrons. The van der Waals surface area contributed by atoms with E-state index in [1.54, 1.807) is 36.4 Å². The highest BCUT2D eigenvalue weighted by Crippen LogP contribution is 2.25. The number of para-hydroxylation sites is 1. The number of carboxylic acid groups (broad SMARTS) is 1. The Morgan fingerprint density at radius 1 is 0.929 bits per heavy atom. The molecule has 146 valence electrons. The highest BCUT2D eigenvalue weighted by molar-refractivity contribution is 6.09. The van der Waals surface area contributed by atoms with Crippen LogP contribution in [0.5, 0.6) is 0 Å². The van der Waals surface area contributed by atoms with Crippen LogP contribution in [0.3, 0.4) is 0 Å². The van der Waals surface area contributed by atoms with Crippen LogP contribution in [0.4, 0.5) is 5.69 Å². The van der Waals surface area contributed by atoms with Gasteiger partial charge >= 0.3 is 5.97 Å². The van der Waals surface area contributed by atoms with Gasteiger partial charge in [-0.1, -0.05) is 29.8 Å². The first-order valence-electron chi connectivity index (χ1n) is 9.45. The van der Waals surface area contributed by atoms with E-state index in [1.807, 2.05) is 19.1 Å². The number of anilines is 1. The first-order valence-corrected chi connectivity index (χ1v) is 9.45. The Morgan fingerprint density at radius 2 is 1.64 bits per heavy atom. The molecule has 28 heavy (non-hydrogen) atoms. The summed E-state index contributed by atoms with van der Waals surface area (Å²) in [6, 6.07) is 14.1. The number of hydrogen-bond acceptors (Lipinski definition) is 3. The highest BCUT2D eigenvalue weighted by atomic mass is 16.4. The minimum atomic E-state index is -0.769. The van der Waals surface area contributed by atoms with E-state index in [-0.39, 0.29) is 23.8 Å². The molecule has 1 aliphatic carbocycles. The van der Waals surface area contributed by atoms with Crippen LogP contribution < -0.4 is 10.6 Å². The molecule has 6 heteroatoms. The van der Waals surface area contributed by atoms with Crippen molar-refractivity contribution in [2.45, 2.75) is 38.6 Å². The van der Waals surface area contributed by atoms with Gasteiger partial charge in [0.15, 0.2) is 0 Å². The molecule has 2 aromatic carbocycles. The first kappa shape index (κ1) is 19.6. The molecule has 6 nitrogen and oxygen atoms in total. The standard InChI is InChI=1S/C22H24N2O4/c1-14-5-4-6-16(13-14)20(25)24-19-8-3-2-7-18(19)21(26)23-17-11-9-15(10-12-17)22(27)28/h2-8,13,15,17H,9-12H2,1H3,(H,23,26)(H,24,25)(H,27,28). The number of amides is 2. The molecular weight excluding hydrogens is 356 g/mol. The molecule has 2 amide bonds. The minimum absolute atomic E-state index is 0.0522. The largest absolute Gasteiger partial charge is 0.481 e. The van der Waals surface area contributed by atoms with Crippen molar-refractivity contribution in [1.29, 1.82) is 0 Å². The van der Waals surface area contributed by atoms with Crippen molar-refractivity contribution in [2.24, 2.45) is 5.92 Å². The summed E-state index contributed by atoms with van der Waals surface area (Å²) in [5, 5.41) is 14.9. The molecular formula is C22H24N2O4. The summed E-state index contributed by atoms with van der Waals surface area (Å²) in [6.07, 6.45) is 2.40. The number of nitrogens with one attached hydrogen (secondary N) is 2. The zero-order chi connectivity index (χ0) is 20.1. The summed E-state index contributed by atoms with van der Waals surface area (Å²) >= 11 is 0. The van der Waals surface area contributed by atoms with Crippen LogP contribution in [0.2, 0.25) is 0 Å². The summed E-state index contributed by atoms with van der Waals surface area (Å²) < 4.78 is 0. The van der Waals surface area contributed by atoms with Crippen LogP contribution in [0.25, 0.3) is 0 Å². The zero-order valence-electron chi connectivity index (χ0n) is 15.8. The molecule has 0 heterocycles. The van der Waals surface area contributed by atoms with Crippen molar-refractivity contribution in [3.8, 4) is 0 Å². The lowest BCUT2D eigenvalue weighted by Crippen LogP contribution is -2.39. The van der Waals surface area contributed by atoms with E-state index < -0.39 is 5.97 Å². The third-order valence-corrected chi connectivity index (χ3v) is 5.11. The molecule has 0 aliphatic heterocycles. The molecule has 0 bridgehead atoms. The molecule has 1 fully saturated rings. The number of aliphatic carboxylic acids is 1. The van der Waals surface area contributed by atoms with E-state index in [2.05, 4.69) is 10.6 Å². The molecule has 2 aromatic rings. The van der Waals surface area contributed by atoms with Crippen LogP contribution in [-0.2, 0) is 4.79 Å². The van der Waals surface area contributed by atoms with Crippen molar-refractivity contribution in [2.75, 3.05) is 5.32 Å². The number of hydrogen-bond donors (Lipinski definition) is 3. The van der Waals surface area contributed by atoms with Crippen LogP contribution >= 0.6 is 0 Å². The third kappa shape index (κ3) is 4.76. The summed E-state index contributed by atoms with van der Waals surface area (Å²) in [7, 11) is 0. The average molecular weight is 380 g/mol. The first-order chi connectivity index (χ1) is 13.4. The number of carbonyl (C=O) groups excluding carboxylic acids is 2. The summed E-state index contributed by atoms with van der Waals surface area (Å²) in [5.74, 6) is -1.63. The molecule has 0 unspecified atom stereocenters. The van der Waals surface area contributed by atoms with E-state index in [0.29, 0.717) is 42.5 Å². The molecule has 1 saturated carbocycles. The van der Waals surface area contributed by atoms with Gasteiger partial charge in [-0.25, -0.2) is 0 Å². The Morgan fingerprint density at radius 3 is 2.32 bits per heavy atom. The number of rotatable bonds is 5. The lowest BCUT2D eigenvalue weighted by molar-refractivity contribution is -0.142. The van der Waals surface area contributed by atoms with Gasteiger partial charge in [0.25, 0.3) is 11.8 Å². The van der Waals surface area contributed by atoms with Crippen molar-refractivity contribution in [3.05, 3.63) is 65.2 Å². The molecule has 0 saturated heterocycles. The fourth-order valence-corrected chi connectivity index (χ4v) is 3.52. The number of carbonyl (C=O) groups is 3. The second kappa shape index (κ2) is 8.69. The number of carboxylic acids is 1. The van der Waals surface area contributed by atoms with Gasteiger partial charge in [0, 0.05) is 11.6 Å². The van der Waals surface area contributed by atoms with E-state index >= 15 is 0 Å². The highest BCUT2D eigenvalue weighted by Gasteiger charge is 2.27. The zero-order valence-corrected chi connectivity index (χ0v) is 15.8. The molecule has 0 aromatic heterocycles. The Bertz CT molecular complexity index is 886. The Labute approximate surface area is 164 Å². The maximum absolute atomic E-state index is 12.7. The lowest BCUT2D eigenvalue weighted by Gasteiger charge is -2.27. The summed E-state index contributed by atoms with van der Waals surface area (Å²) in [6.45, 7) is 1.91. The SMILES string of the molecule is Cc1cccc(C(=O)Nc2ccccc2C(=O)NC2CCC(C(=O)O)CC2)c1. The minimum Gasteiger partial charge on any atom is -0.481 e. The maximum Gasteiger partial charge on any atom is 0.306 e. The van der Waals surface area contributed by atoms with Crippen molar-refractivity contribution in [3.63, 3.8) is 0 Å². The molecule has 0 atom stereocenters. The Hall–Kier alpha value is -3.15. The Balaban J connectivity index is 1.67. The number of aryl methyl sites for hydroxylation is 1. The van der Waals surface area contributed by atoms with Crippen LogP contribution in [0.1, 0.15) is 52.0 Å². The van der Waals surface area contributed by atoms with Gasteiger partial charge in [0.2, 0.25) is 0 Å². The van der Waals surface area contributed by atoms with Crippen LogP contribution in [0.15, 0.2) is 48.5 Å². The summed E-state index contributed by atoms with van der Waals surface area (Å²) in [5.41, 5.74) is 2.35. The Kier molecular flexibility index (Phi) is 6.09. The topological polar surface area (TPSA) is 95.5 Å². The predicted octanol–water partition coefficient (Wildman–Crippen LogP) is 3.62. The van der Waals surface area contributed by atoms with Gasteiger partial charge in [-0.15, -0.1) is 0 Å². The van der Waals surface area contributed by atoms with E-state index in [1.165, 1.54) is 0 Å². The smallest absolute Gasteiger partial charge is 0.306 e. The molecule has 1 aliphatic rings. The predicted molar refractivity (Wildman–Crippen MR) is 106 cm³/mol. The van der Waals surface area contributed by atoms with Gasteiger partial charge in [0.1, 0.15) is 0 Å². The van der Waals surface area contributed by atoms with Crippen molar-refractivity contribution >= 4 is 23.5 Å². The monoisotopic (exact) mass is 380 g/mol. The third-order valence-electron chi connectivity index (χ3n) is 5.11. The van der Waals surface area contributed by atoms with E-state index in [0.717, 1.165) is 5.56 Å². The lowest BCUT2D eigenvalue weighted by atomic mass is 9.86. The quantitative estimate of drug-likeness (QED) is 0.738. The van der Waals surface area contributed by atoms with Gasteiger partial charge in [-0.3, -0.25) is 14.4 Å². The molecule has 3 N–H and O–H groups in total. The van der Waals surface area contributed by atoms with Gasteiger partial charge in [-0.2, -0.15) is 0 Å². The van der Waals surface area contributed by atoms with Gasteiger partial charge in [0.05, 0.1) is 17.2 Å². The van der Waals surface area contributed by atoms with Gasteiger partial charge in [-0.05, 0) is 56.9 Å². The summed E-state index contributed by atoms with van der Waals surface area (Å²) in [4.78, 5) is 36.3. The van der Waals surface area contributed by atoms with E-state index in [4.69, 9.17) is 5.11 Å². The van der Waals surface area contributed by atoms with Crippen molar-refractivity contribution < 1.29 is 19.5 Å². The maximum atomic E-state index is 12.7. The van der Waals surface area contributed by atoms with E-state index in [9.17, 15) is 14.4 Å².